The molecule has 2 N–H and O–H groups in total. The number of carboxylic acid groups (broad SMARTS) is 1. The standard InChI is InChI=1S/C13H16N2O2/c1-9(13(16)17)14-15-12-8-4-6-10-5-2-3-7-11(10)12/h4,6,8,15H,2-3,5,7H2,1H3,(H,16,17)/b14-9+. The number of hydrogen-bond donors (Lipinski definition) is 2. The van der Waals surface area contributed by atoms with Gasteiger partial charge in [0.1, 0.15) is 5.71 Å². The Labute approximate surface area is 100 Å². The second-order valence-electron chi connectivity index (χ2n) is 4.26. The van der Waals surface area contributed by atoms with Crippen LogP contribution < -0.4 is 5.43 Å². The maximum absolute atomic E-state index is 10.6. The maximum Gasteiger partial charge on any atom is 0.351 e. The predicted molar refractivity (Wildman–Crippen MR) is 67.5 cm³/mol. The van der Waals surface area contributed by atoms with Gasteiger partial charge in [-0.25, -0.2) is 4.79 Å². The zero-order chi connectivity index (χ0) is 12.3. The summed E-state index contributed by atoms with van der Waals surface area (Å²) in [4.78, 5) is 10.6. The van der Waals surface area contributed by atoms with Gasteiger partial charge in [-0.3, -0.25) is 5.43 Å². The third-order valence-corrected chi connectivity index (χ3v) is 3.05. The Morgan fingerprint density at radius 1 is 1.35 bits per heavy atom. The number of carbonyl (C=O) groups is 1. The summed E-state index contributed by atoms with van der Waals surface area (Å²) in [6, 6.07) is 6.06. The minimum absolute atomic E-state index is 0.0680. The highest BCUT2D eigenvalue weighted by atomic mass is 16.4. The minimum Gasteiger partial charge on any atom is -0.477 e. The van der Waals surface area contributed by atoms with Crippen LogP contribution in [0.3, 0.4) is 0 Å². The number of aliphatic carboxylic acids is 1. The van der Waals surface area contributed by atoms with Crippen molar-refractivity contribution in [3.05, 3.63) is 29.3 Å². The van der Waals surface area contributed by atoms with Crippen molar-refractivity contribution in [1.82, 2.24) is 0 Å². The molecule has 0 spiro atoms. The second-order valence-corrected chi connectivity index (χ2v) is 4.26. The van der Waals surface area contributed by atoms with Gasteiger partial charge in [0.2, 0.25) is 0 Å². The Bertz CT molecular complexity index is 466. The van der Waals surface area contributed by atoms with E-state index in [4.69, 9.17) is 5.11 Å². The molecular formula is C13H16N2O2. The lowest BCUT2D eigenvalue weighted by molar-refractivity contribution is -0.129. The molecule has 0 fully saturated rings. The van der Waals surface area contributed by atoms with E-state index in [1.165, 1.54) is 30.9 Å². The van der Waals surface area contributed by atoms with Crippen molar-refractivity contribution >= 4 is 17.4 Å². The van der Waals surface area contributed by atoms with Crippen molar-refractivity contribution in [2.75, 3.05) is 5.43 Å². The van der Waals surface area contributed by atoms with E-state index >= 15 is 0 Å². The van der Waals surface area contributed by atoms with Gasteiger partial charge in [-0.1, -0.05) is 12.1 Å². The Hall–Kier alpha value is -1.84. The van der Waals surface area contributed by atoms with Crippen LogP contribution in [0, 0.1) is 0 Å². The fourth-order valence-electron chi connectivity index (χ4n) is 2.08. The highest BCUT2D eigenvalue weighted by Crippen LogP contribution is 2.27. The summed E-state index contributed by atoms with van der Waals surface area (Å²) in [5, 5.41) is 12.6. The van der Waals surface area contributed by atoms with Crippen molar-refractivity contribution in [2.24, 2.45) is 5.10 Å². The SMILES string of the molecule is C/C(=N\Nc1cccc2c1CCCC2)C(=O)O. The molecule has 1 aromatic carbocycles. The first-order valence-corrected chi connectivity index (χ1v) is 5.83. The molecule has 0 saturated heterocycles. The molecular weight excluding hydrogens is 216 g/mol. The van der Waals surface area contributed by atoms with Gasteiger partial charge in [0.15, 0.2) is 0 Å². The molecule has 0 heterocycles. The molecule has 0 atom stereocenters. The Balaban J connectivity index is 2.22. The Kier molecular flexibility index (Phi) is 3.42. The monoisotopic (exact) mass is 232 g/mol. The van der Waals surface area contributed by atoms with E-state index in [1.54, 1.807) is 0 Å². The highest BCUT2D eigenvalue weighted by Gasteiger charge is 2.12. The minimum atomic E-state index is -0.998. The second kappa shape index (κ2) is 4.99. The number of carboxylic acids is 1. The van der Waals surface area contributed by atoms with Crippen LogP contribution in [0.15, 0.2) is 23.3 Å². The van der Waals surface area contributed by atoms with Gasteiger partial charge >= 0.3 is 5.97 Å². The van der Waals surface area contributed by atoms with Crippen LogP contribution in [0.1, 0.15) is 30.9 Å². The van der Waals surface area contributed by atoms with Crippen LogP contribution in [0.5, 0.6) is 0 Å². The summed E-state index contributed by atoms with van der Waals surface area (Å²) in [7, 11) is 0. The highest BCUT2D eigenvalue weighted by molar-refractivity contribution is 6.34. The van der Waals surface area contributed by atoms with Gasteiger partial charge in [-0.05, 0) is 49.8 Å². The van der Waals surface area contributed by atoms with Crippen LogP contribution in [-0.2, 0) is 17.6 Å². The fraction of sp³-hybridized carbons (Fsp3) is 0.385. The van der Waals surface area contributed by atoms with E-state index < -0.39 is 5.97 Å². The van der Waals surface area contributed by atoms with E-state index in [2.05, 4.69) is 16.6 Å². The molecule has 1 aliphatic carbocycles. The molecule has 0 aromatic heterocycles. The molecule has 0 saturated carbocycles. The number of benzene rings is 1. The average molecular weight is 232 g/mol. The molecule has 0 unspecified atom stereocenters. The average Bonchev–Trinajstić information content (AvgIpc) is 2.35. The van der Waals surface area contributed by atoms with Gasteiger partial charge in [-0.15, -0.1) is 0 Å². The van der Waals surface area contributed by atoms with Gasteiger partial charge in [-0.2, -0.15) is 5.10 Å². The largest absolute Gasteiger partial charge is 0.477 e. The lowest BCUT2D eigenvalue weighted by Gasteiger charge is -2.18. The van der Waals surface area contributed by atoms with Gasteiger partial charge in [0, 0.05) is 0 Å². The van der Waals surface area contributed by atoms with Crippen LogP contribution in [-0.4, -0.2) is 16.8 Å². The summed E-state index contributed by atoms with van der Waals surface area (Å²) < 4.78 is 0. The van der Waals surface area contributed by atoms with Crippen molar-refractivity contribution < 1.29 is 9.90 Å². The number of rotatable bonds is 3. The summed E-state index contributed by atoms with van der Waals surface area (Å²) >= 11 is 0. The normalized spacial score (nSPS) is 15.2. The maximum atomic E-state index is 10.6. The molecule has 0 aliphatic heterocycles. The van der Waals surface area contributed by atoms with Gasteiger partial charge < -0.3 is 5.11 Å². The zero-order valence-electron chi connectivity index (χ0n) is 9.86. The summed E-state index contributed by atoms with van der Waals surface area (Å²) in [6.07, 6.45) is 4.56. The van der Waals surface area contributed by atoms with Crippen LogP contribution in [0.4, 0.5) is 5.69 Å². The van der Waals surface area contributed by atoms with E-state index in [-0.39, 0.29) is 5.71 Å². The van der Waals surface area contributed by atoms with Crippen molar-refractivity contribution in [2.45, 2.75) is 32.6 Å². The number of hydrogen-bond acceptors (Lipinski definition) is 3. The summed E-state index contributed by atoms with van der Waals surface area (Å²) in [6.45, 7) is 1.48. The lowest BCUT2D eigenvalue weighted by Crippen LogP contribution is -2.11. The van der Waals surface area contributed by atoms with E-state index in [0.717, 1.165) is 18.5 Å². The number of hydrazone groups is 1. The molecule has 17 heavy (non-hydrogen) atoms. The molecule has 90 valence electrons. The topological polar surface area (TPSA) is 61.7 Å². The first-order valence-electron chi connectivity index (χ1n) is 5.83. The molecule has 1 aliphatic rings. The molecule has 0 radical (unpaired) electrons. The first kappa shape index (κ1) is 11.6. The van der Waals surface area contributed by atoms with Crippen molar-refractivity contribution in [3.63, 3.8) is 0 Å². The number of nitrogens with one attached hydrogen (secondary N) is 1. The molecule has 1 aromatic rings. The molecule has 4 heteroatoms. The van der Waals surface area contributed by atoms with Crippen molar-refractivity contribution in [1.29, 1.82) is 0 Å². The summed E-state index contributed by atoms with van der Waals surface area (Å²) in [5.74, 6) is -0.998. The van der Waals surface area contributed by atoms with Gasteiger partial charge in [0.25, 0.3) is 0 Å². The number of aryl methyl sites for hydroxylation is 1. The van der Waals surface area contributed by atoms with E-state index in [1.807, 2.05) is 12.1 Å². The van der Waals surface area contributed by atoms with Crippen LogP contribution in [0.25, 0.3) is 0 Å². The van der Waals surface area contributed by atoms with Crippen LogP contribution >= 0.6 is 0 Å². The van der Waals surface area contributed by atoms with E-state index in [9.17, 15) is 4.79 Å². The number of nitrogens with zero attached hydrogens (tertiary/aromatic N) is 1. The predicted octanol–water partition coefficient (Wildman–Crippen LogP) is 2.44. The quantitative estimate of drug-likeness (QED) is 0.621. The molecule has 2 rings (SSSR count). The van der Waals surface area contributed by atoms with Crippen molar-refractivity contribution in [3.8, 4) is 0 Å². The Morgan fingerprint density at radius 2 is 2.12 bits per heavy atom. The fourth-order valence-corrected chi connectivity index (χ4v) is 2.08. The third-order valence-electron chi connectivity index (χ3n) is 3.05. The van der Waals surface area contributed by atoms with Gasteiger partial charge in [0.05, 0.1) is 5.69 Å². The zero-order valence-corrected chi connectivity index (χ0v) is 9.86. The summed E-state index contributed by atoms with van der Waals surface area (Å²) in [5.41, 5.74) is 6.49. The smallest absolute Gasteiger partial charge is 0.351 e. The molecule has 0 amide bonds. The number of fused-ring (bicyclic) bond motifs is 1. The van der Waals surface area contributed by atoms with Crippen LogP contribution in [0.2, 0.25) is 0 Å². The third kappa shape index (κ3) is 2.64. The van der Waals surface area contributed by atoms with E-state index in [0.29, 0.717) is 0 Å². The first-order chi connectivity index (χ1) is 8.18. The molecule has 4 nitrogen and oxygen atoms in total. The Morgan fingerprint density at radius 3 is 2.88 bits per heavy atom. The lowest BCUT2D eigenvalue weighted by atomic mass is 9.91. The molecule has 0 bridgehead atoms. The number of anilines is 1.